The van der Waals surface area contributed by atoms with Crippen molar-refractivity contribution in [3.8, 4) is 11.1 Å². The molecule has 0 aliphatic heterocycles. The average molecular weight is 361 g/mol. The molecule has 2 heterocycles. The number of hydrogen-bond donors (Lipinski definition) is 4. The molecule has 1 atom stereocenters. The van der Waals surface area contributed by atoms with E-state index in [0.717, 1.165) is 16.5 Å². The Balaban J connectivity index is 1.99. The summed E-state index contributed by atoms with van der Waals surface area (Å²) in [4.78, 5) is 7.47. The number of aromatic amines is 1. The van der Waals surface area contributed by atoms with E-state index in [1.54, 1.807) is 25.3 Å². The summed E-state index contributed by atoms with van der Waals surface area (Å²) in [5, 5.41) is 19.3. The Labute approximate surface area is 145 Å². The molecular weight excluding hydrogens is 342 g/mol. The molecule has 0 amide bonds. The molecule has 3 aromatic rings. The van der Waals surface area contributed by atoms with Gasteiger partial charge in [-0.1, -0.05) is 12.1 Å². The van der Waals surface area contributed by atoms with Crippen molar-refractivity contribution in [2.45, 2.75) is 17.9 Å². The molecule has 8 heteroatoms. The van der Waals surface area contributed by atoms with Crippen molar-refractivity contribution in [1.82, 2.24) is 14.7 Å². The van der Waals surface area contributed by atoms with Crippen molar-refractivity contribution in [2.75, 3.05) is 13.2 Å². The van der Waals surface area contributed by atoms with Crippen LogP contribution in [0, 0.1) is 0 Å². The van der Waals surface area contributed by atoms with Gasteiger partial charge in [0.2, 0.25) is 10.0 Å². The van der Waals surface area contributed by atoms with E-state index in [-0.39, 0.29) is 18.0 Å². The maximum absolute atomic E-state index is 12.1. The van der Waals surface area contributed by atoms with Gasteiger partial charge < -0.3 is 15.2 Å². The highest BCUT2D eigenvalue weighted by Crippen LogP contribution is 2.30. The van der Waals surface area contributed by atoms with Gasteiger partial charge in [-0.05, 0) is 42.3 Å². The predicted molar refractivity (Wildman–Crippen MR) is 94.4 cm³/mol. The third kappa shape index (κ3) is 3.57. The molecule has 0 fully saturated rings. The van der Waals surface area contributed by atoms with E-state index in [1.807, 2.05) is 12.1 Å². The lowest BCUT2D eigenvalue weighted by Crippen LogP contribution is -2.26. The first-order valence-corrected chi connectivity index (χ1v) is 9.27. The van der Waals surface area contributed by atoms with Crippen molar-refractivity contribution in [2.24, 2.45) is 0 Å². The summed E-state index contributed by atoms with van der Waals surface area (Å²) in [7, 11) is -3.63. The number of H-pyrrole nitrogens is 1. The topological polar surface area (TPSA) is 115 Å². The number of rotatable bonds is 6. The van der Waals surface area contributed by atoms with Crippen molar-refractivity contribution in [3.05, 3.63) is 48.3 Å². The first kappa shape index (κ1) is 17.6. The predicted octanol–water partition coefficient (Wildman–Crippen LogP) is 1.55. The zero-order valence-electron chi connectivity index (χ0n) is 13.6. The number of benzene rings is 1. The lowest BCUT2D eigenvalue weighted by Gasteiger charge is -2.07. The summed E-state index contributed by atoms with van der Waals surface area (Å²) in [5.74, 6) is 0. The van der Waals surface area contributed by atoms with Crippen molar-refractivity contribution >= 4 is 21.1 Å². The van der Waals surface area contributed by atoms with Gasteiger partial charge in [0, 0.05) is 23.8 Å². The summed E-state index contributed by atoms with van der Waals surface area (Å²) in [6, 6.07) is 10.2. The van der Waals surface area contributed by atoms with Crippen LogP contribution in [-0.4, -0.2) is 41.8 Å². The Morgan fingerprint density at radius 3 is 2.60 bits per heavy atom. The summed E-state index contributed by atoms with van der Waals surface area (Å²) in [6.07, 6.45) is 1.03. The molecule has 0 saturated heterocycles. The van der Waals surface area contributed by atoms with Crippen LogP contribution in [0.5, 0.6) is 0 Å². The van der Waals surface area contributed by atoms with E-state index in [9.17, 15) is 13.5 Å². The number of nitrogens with one attached hydrogen (secondary N) is 2. The second-order valence-electron chi connectivity index (χ2n) is 5.67. The average Bonchev–Trinajstić information content (AvgIpc) is 3.05. The lowest BCUT2D eigenvalue weighted by molar-refractivity contribution is 0.195. The van der Waals surface area contributed by atoms with Gasteiger partial charge in [0.25, 0.3) is 0 Å². The number of aliphatic hydroxyl groups is 2. The molecule has 25 heavy (non-hydrogen) atoms. The van der Waals surface area contributed by atoms with Crippen LogP contribution >= 0.6 is 0 Å². The van der Waals surface area contributed by atoms with Gasteiger partial charge in [0.15, 0.2) is 0 Å². The summed E-state index contributed by atoms with van der Waals surface area (Å²) in [5.41, 5.74) is 3.06. The maximum Gasteiger partial charge on any atom is 0.240 e. The molecule has 1 aromatic carbocycles. The van der Waals surface area contributed by atoms with Crippen LogP contribution in [-0.2, 0) is 10.0 Å². The fourth-order valence-corrected chi connectivity index (χ4v) is 3.62. The highest BCUT2D eigenvalue weighted by atomic mass is 32.2. The Morgan fingerprint density at radius 2 is 1.96 bits per heavy atom. The van der Waals surface area contributed by atoms with Gasteiger partial charge in [0.05, 0.1) is 17.6 Å². The molecule has 4 N–H and O–H groups in total. The molecule has 0 saturated carbocycles. The molecular formula is C17H19N3O4S. The first-order chi connectivity index (χ1) is 11.9. The lowest BCUT2D eigenvalue weighted by atomic mass is 10.0. The quantitative estimate of drug-likeness (QED) is 0.532. The van der Waals surface area contributed by atoms with Gasteiger partial charge >= 0.3 is 0 Å². The van der Waals surface area contributed by atoms with E-state index >= 15 is 0 Å². The zero-order valence-corrected chi connectivity index (χ0v) is 14.4. The molecule has 3 rings (SSSR count). The largest absolute Gasteiger partial charge is 0.395 e. The van der Waals surface area contributed by atoms with Crippen LogP contribution in [0.2, 0.25) is 0 Å². The number of hydrogen-bond acceptors (Lipinski definition) is 5. The smallest absolute Gasteiger partial charge is 0.240 e. The van der Waals surface area contributed by atoms with E-state index in [4.69, 9.17) is 5.11 Å². The Morgan fingerprint density at radius 1 is 1.24 bits per heavy atom. The van der Waals surface area contributed by atoms with Crippen LogP contribution in [0.3, 0.4) is 0 Å². The molecule has 7 nitrogen and oxygen atoms in total. The summed E-state index contributed by atoms with van der Waals surface area (Å²) < 4.78 is 26.4. The standard InChI is InChI=1S/C17H19N3O4S/c1-11(22)16-10-15-14(6-7-18-17(15)20-16)12-2-4-13(5-3-12)25(23,24)19-8-9-21/h2-7,10-11,19,21-22H,8-9H2,1H3,(H,18,20). The van der Waals surface area contributed by atoms with Crippen LogP contribution in [0.4, 0.5) is 0 Å². The highest BCUT2D eigenvalue weighted by Gasteiger charge is 2.15. The summed E-state index contributed by atoms with van der Waals surface area (Å²) >= 11 is 0. The Bertz CT molecular complexity index is 979. The molecule has 0 aliphatic rings. The molecule has 0 spiro atoms. The minimum absolute atomic E-state index is 0.0272. The minimum Gasteiger partial charge on any atom is -0.395 e. The van der Waals surface area contributed by atoms with Gasteiger partial charge in [-0.25, -0.2) is 18.1 Å². The highest BCUT2D eigenvalue weighted by molar-refractivity contribution is 7.89. The SMILES string of the molecule is CC(O)c1cc2c(-c3ccc(S(=O)(=O)NCCO)cc3)ccnc2[nH]1. The molecule has 132 valence electrons. The van der Waals surface area contributed by atoms with Crippen LogP contribution in [0.25, 0.3) is 22.2 Å². The van der Waals surface area contributed by atoms with Gasteiger partial charge in [0.1, 0.15) is 5.65 Å². The molecule has 1 unspecified atom stereocenters. The van der Waals surface area contributed by atoms with Gasteiger partial charge in [-0.3, -0.25) is 0 Å². The number of pyridine rings is 1. The molecule has 2 aromatic heterocycles. The number of fused-ring (bicyclic) bond motifs is 1. The second-order valence-corrected chi connectivity index (χ2v) is 7.43. The number of nitrogens with zero attached hydrogens (tertiary/aromatic N) is 1. The van der Waals surface area contributed by atoms with E-state index < -0.39 is 16.1 Å². The fraction of sp³-hybridized carbons (Fsp3) is 0.235. The number of aliphatic hydroxyl groups excluding tert-OH is 2. The molecule has 0 aliphatic carbocycles. The van der Waals surface area contributed by atoms with Crippen LogP contribution in [0.15, 0.2) is 47.5 Å². The minimum atomic E-state index is -3.63. The van der Waals surface area contributed by atoms with E-state index in [1.165, 1.54) is 12.1 Å². The van der Waals surface area contributed by atoms with Gasteiger partial charge in [-0.15, -0.1) is 0 Å². The van der Waals surface area contributed by atoms with Crippen LogP contribution < -0.4 is 4.72 Å². The van der Waals surface area contributed by atoms with Crippen molar-refractivity contribution < 1.29 is 18.6 Å². The fourth-order valence-electron chi connectivity index (χ4n) is 2.60. The molecule has 0 radical (unpaired) electrons. The van der Waals surface area contributed by atoms with Crippen LogP contribution in [0.1, 0.15) is 18.7 Å². The van der Waals surface area contributed by atoms with Crippen molar-refractivity contribution in [3.63, 3.8) is 0 Å². The number of sulfonamides is 1. The monoisotopic (exact) mass is 361 g/mol. The third-order valence-corrected chi connectivity index (χ3v) is 5.36. The normalized spacial score (nSPS) is 13.2. The first-order valence-electron chi connectivity index (χ1n) is 7.79. The van der Waals surface area contributed by atoms with E-state index in [2.05, 4.69) is 14.7 Å². The van der Waals surface area contributed by atoms with Crippen molar-refractivity contribution in [1.29, 1.82) is 0 Å². The maximum atomic E-state index is 12.1. The third-order valence-electron chi connectivity index (χ3n) is 3.88. The summed E-state index contributed by atoms with van der Waals surface area (Å²) in [6.45, 7) is 1.38. The van der Waals surface area contributed by atoms with Gasteiger partial charge in [-0.2, -0.15) is 0 Å². The second kappa shape index (κ2) is 6.93. The van der Waals surface area contributed by atoms with E-state index in [0.29, 0.717) is 11.3 Å². The zero-order chi connectivity index (χ0) is 18.0. The number of aromatic nitrogens is 2. The Kier molecular flexibility index (Phi) is 4.87. The molecule has 0 bridgehead atoms. The Hall–Kier alpha value is -2.26.